The molecule has 1 aliphatic rings. The van der Waals surface area contributed by atoms with E-state index in [0.29, 0.717) is 11.5 Å². The van der Waals surface area contributed by atoms with E-state index in [1.807, 2.05) is 6.92 Å². The fourth-order valence-electron chi connectivity index (χ4n) is 2.69. The maximum absolute atomic E-state index is 13.1. The number of Topliss-reactive ketones (excluding diaryl/α,β-unsaturated/α-hetero) is 1. The SMILES string of the molecule is COc1cc(C)cc(OC)c1OC(C)C(=O)c1ccc2c(c1)OC(F)(F)O2. The number of rotatable bonds is 6. The number of carbonyl (C=O) groups excluding carboxylic acids is 1. The Morgan fingerprint density at radius 2 is 1.63 bits per heavy atom. The molecule has 0 saturated carbocycles. The van der Waals surface area contributed by atoms with Gasteiger partial charge in [0.2, 0.25) is 11.5 Å². The van der Waals surface area contributed by atoms with Gasteiger partial charge in [-0.1, -0.05) is 0 Å². The van der Waals surface area contributed by atoms with Crippen molar-refractivity contribution >= 4 is 5.78 Å². The number of halogens is 2. The van der Waals surface area contributed by atoms with Gasteiger partial charge in [0.25, 0.3) is 0 Å². The molecule has 1 aliphatic heterocycles. The summed E-state index contributed by atoms with van der Waals surface area (Å²) in [7, 11) is 2.96. The molecule has 2 aromatic carbocycles. The maximum Gasteiger partial charge on any atom is 0.586 e. The fourth-order valence-corrected chi connectivity index (χ4v) is 2.69. The van der Waals surface area contributed by atoms with Gasteiger partial charge in [0.15, 0.2) is 29.1 Å². The molecule has 0 fully saturated rings. The predicted octanol–water partition coefficient (Wildman–Crippen LogP) is 3.98. The van der Waals surface area contributed by atoms with Gasteiger partial charge in [-0.15, -0.1) is 8.78 Å². The molecule has 0 bridgehead atoms. The van der Waals surface area contributed by atoms with E-state index in [1.165, 1.54) is 32.4 Å². The maximum atomic E-state index is 13.1. The van der Waals surface area contributed by atoms with Gasteiger partial charge < -0.3 is 23.7 Å². The Labute approximate surface area is 154 Å². The van der Waals surface area contributed by atoms with Crippen LogP contribution in [0.2, 0.25) is 0 Å². The van der Waals surface area contributed by atoms with Crippen molar-refractivity contribution in [2.24, 2.45) is 0 Å². The average Bonchev–Trinajstić information content (AvgIpc) is 2.94. The lowest BCUT2D eigenvalue weighted by molar-refractivity contribution is -0.286. The summed E-state index contributed by atoms with van der Waals surface area (Å²) in [6.07, 6.45) is -4.68. The smallest absolute Gasteiger partial charge is 0.493 e. The molecule has 27 heavy (non-hydrogen) atoms. The van der Waals surface area contributed by atoms with Crippen molar-refractivity contribution in [3.05, 3.63) is 41.5 Å². The van der Waals surface area contributed by atoms with Crippen LogP contribution in [-0.2, 0) is 0 Å². The molecule has 1 heterocycles. The number of hydrogen-bond donors (Lipinski definition) is 0. The van der Waals surface area contributed by atoms with Crippen LogP contribution in [0, 0.1) is 6.92 Å². The molecule has 1 unspecified atom stereocenters. The van der Waals surface area contributed by atoms with E-state index in [9.17, 15) is 13.6 Å². The molecular formula is C19H18F2O6. The number of hydrogen-bond acceptors (Lipinski definition) is 6. The molecule has 3 rings (SSSR count). The summed E-state index contributed by atoms with van der Waals surface area (Å²) >= 11 is 0. The van der Waals surface area contributed by atoms with Crippen molar-refractivity contribution in [3.63, 3.8) is 0 Å². The van der Waals surface area contributed by atoms with Crippen molar-refractivity contribution in [3.8, 4) is 28.7 Å². The van der Waals surface area contributed by atoms with Gasteiger partial charge in [0.05, 0.1) is 14.2 Å². The van der Waals surface area contributed by atoms with Crippen molar-refractivity contribution in [2.75, 3.05) is 14.2 Å². The van der Waals surface area contributed by atoms with Crippen LogP contribution < -0.4 is 23.7 Å². The lowest BCUT2D eigenvalue weighted by Gasteiger charge is -2.19. The topological polar surface area (TPSA) is 63.2 Å². The second kappa shape index (κ2) is 6.94. The molecule has 0 N–H and O–H groups in total. The minimum absolute atomic E-state index is 0.132. The summed E-state index contributed by atoms with van der Waals surface area (Å²) in [5.74, 6) is 0.337. The van der Waals surface area contributed by atoms with Crippen LogP contribution in [0.3, 0.4) is 0 Å². The zero-order valence-corrected chi connectivity index (χ0v) is 15.2. The summed E-state index contributed by atoms with van der Waals surface area (Å²) < 4.78 is 51.3. The fraction of sp³-hybridized carbons (Fsp3) is 0.316. The lowest BCUT2D eigenvalue weighted by Crippen LogP contribution is -2.26. The van der Waals surface area contributed by atoms with Crippen LogP contribution in [0.4, 0.5) is 8.78 Å². The van der Waals surface area contributed by atoms with Gasteiger partial charge >= 0.3 is 6.29 Å². The summed E-state index contributed by atoms with van der Waals surface area (Å²) in [5, 5.41) is 0. The van der Waals surface area contributed by atoms with Crippen LogP contribution >= 0.6 is 0 Å². The summed E-state index contributed by atoms with van der Waals surface area (Å²) in [5.41, 5.74) is 1.04. The highest BCUT2D eigenvalue weighted by Gasteiger charge is 2.43. The highest BCUT2D eigenvalue weighted by molar-refractivity contribution is 6.00. The first kappa shape index (κ1) is 18.8. The summed E-state index contributed by atoms with van der Waals surface area (Å²) in [6.45, 7) is 3.41. The number of benzene rings is 2. The van der Waals surface area contributed by atoms with Crippen molar-refractivity contribution in [2.45, 2.75) is 26.2 Å². The number of ether oxygens (including phenoxy) is 5. The largest absolute Gasteiger partial charge is 0.586 e. The Hall–Kier alpha value is -3.03. The first-order chi connectivity index (χ1) is 12.7. The van der Waals surface area contributed by atoms with E-state index in [1.54, 1.807) is 19.1 Å². The van der Waals surface area contributed by atoms with E-state index >= 15 is 0 Å². The Morgan fingerprint density at radius 3 is 2.22 bits per heavy atom. The van der Waals surface area contributed by atoms with Gasteiger partial charge in [-0.3, -0.25) is 4.79 Å². The number of aryl methyl sites for hydroxylation is 1. The monoisotopic (exact) mass is 380 g/mol. The Bertz CT molecular complexity index is 855. The molecule has 2 aromatic rings. The summed E-state index contributed by atoms with van der Waals surface area (Å²) in [4.78, 5) is 12.7. The Kier molecular flexibility index (Phi) is 4.82. The van der Waals surface area contributed by atoms with Crippen molar-refractivity contribution < 1.29 is 37.3 Å². The number of alkyl halides is 2. The highest BCUT2D eigenvalue weighted by Crippen LogP contribution is 2.42. The number of ketones is 1. The van der Waals surface area contributed by atoms with Gasteiger partial charge in [-0.25, -0.2) is 0 Å². The third-order valence-electron chi connectivity index (χ3n) is 3.95. The van der Waals surface area contributed by atoms with Crippen molar-refractivity contribution in [1.29, 1.82) is 0 Å². The minimum atomic E-state index is -3.74. The van der Waals surface area contributed by atoms with Crippen molar-refractivity contribution in [1.82, 2.24) is 0 Å². The van der Waals surface area contributed by atoms with Crippen LogP contribution in [-0.4, -0.2) is 32.4 Å². The molecule has 0 radical (unpaired) electrons. The Balaban J connectivity index is 1.84. The van der Waals surface area contributed by atoms with Crippen LogP contribution in [0.1, 0.15) is 22.8 Å². The second-order valence-corrected chi connectivity index (χ2v) is 5.95. The standard InChI is InChI=1S/C19H18F2O6/c1-10-7-15(23-3)18(16(8-10)24-4)25-11(2)17(22)12-5-6-13-14(9-12)27-19(20,21)26-13/h5-9,11H,1-4H3. The lowest BCUT2D eigenvalue weighted by atomic mass is 10.1. The van der Waals surface area contributed by atoms with E-state index in [0.717, 1.165) is 5.56 Å². The molecule has 1 atom stereocenters. The van der Waals surface area contributed by atoms with E-state index in [2.05, 4.69) is 9.47 Å². The summed E-state index contributed by atoms with van der Waals surface area (Å²) in [6, 6.07) is 7.32. The Morgan fingerprint density at radius 1 is 1.04 bits per heavy atom. The second-order valence-electron chi connectivity index (χ2n) is 5.95. The molecule has 0 spiro atoms. The van der Waals surface area contributed by atoms with Gasteiger partial charge in [-0.05, 0) is 49.7 Å². The first-order valence-electron chi connectivity index (χ1n) is 8.07. The molecule has 0 aliphatic carbocycles. The normalized spacial score (nSPS) is 15.2. The molecule has 6 nitrogen and oxygen atoms in total. The van der Waals surface area contributed by atoms with E-state index in [4.69, 9.17) is 14.2 Å². The predicted molar refractivity (Wildman–Crippen MR) is 91.3 cm³/mol. The average molecular weight is 380 g/mol. The van der Waals surface area contributed by atoms with E-state index < -0.39 is 18.2 Å². The zero-order valence-electron chi connectivity index (χ0n) is 15.2. The van der Waals surface area contributed by atoms with Gasteiger partial charge in [0.1, 0.15) is 0 Å². The quantitative estimate of drug-likeness (QED) is 0.707. The van der Waals surface area contributed by atoms with Crippen LogP contribution in [0.5, 0.6) is 28.7 Å². The molecular weight excluding hydrogens is 362 g/mol. The molecule has 8 heteroatoms. The van der Waals surface area contributed by atoms with Gasteiger partial charge in [0, 0.05) is 5.56 Å². The molecule has 0 amide bonds. The highest BCUT2D eigenvalue weighted by atomic mass is 19.3. The molecule has 0 saturated heterocycles. The van der Waals surface area contributed by atoms with Crippen LogP contribution in [0.15, 0.2) is 30.3 Å². The zero-order chi connectivity index (χ0) is 19.8. The number of methoxy groups -OCH3 is 2. The minimum Gasteiger partial charge on any atom is -0.493 e. The third kappa shape index (κ3) is 3.74. The first-order valence-corrected chi connectivity index (χ1v) is 8.07. The third-order valence-corrected chi connectivity index (χ3v) is 3.95. The molecule has 0 aromatic heterocycles. The van der Waals surface area contributed by atoms with Crippen LogP contribution in [0.25, 0.3) is 0 Å². The number of carbonyl (C=O) groups is 1. The van der Waals surface area contributed by atoms with Gasteiger partial charge in [-0.2, -0.15) is 0 Å². The number of fused-ring (bicyclic) bond motifs is 1. The molecule has 144 valence electrons. The van der Waals surface area contributed by atoms with E-state index in [-0.39, 0.29) is 22.8 Å².